The molecule has 1 heterocycles. The van der Waals surface area contributed by atoms with E-state index in [0.29, 0.717) is 17.3 Å². The van der Waals surface area contributed by atoms with Gasteiger partial charge in [0.2, 0.25) is 0 Å². The molecule has 1 amide bonds. The van der Waals surface area contributed by atoms with E-state index in [-0.39, 0.29) is 17.9 Å². The van der Waals surface area contributed by atoms with Crippen LogP contribution >= 0.6 is 0 Å². The Morgan fingerprint density at radius 2 is 1.86 bits per heavy atom. The van der Waals surface area contributed by atoms with Crippen LogP contribution in [-0.4, -0.2) is 22.7 Å². The highest BCUT2D eigenvalue weighted by atomic mass is 19.4. The molecule has 2 aromatic carbocycles. The number of hydrogen-bond acceptors (Lipinski definition) is 2. The molecular weight excluding hydrogens is 386 g/mol. The number of aryl methyl sites for hydroxylation is 2. The highest BCUT2D eigenvalue weighted by molar-refractivity contribution is 5.96. The molecule has 152 valence electrons. The van der Waals surface area contributed by atoms with Gasteiger partial charge in [0.15, 0.2) is 0 Å². The summed E-state index contributed by atoms with van der Waals surface area (Å²) in [7, 11) is 3.27. The van der Waals surface area contributed by atoms with E-state index in [2.05, 4.69) is 10.4 Å². The zero-order valence-corrected chi connectivity index (χ0v) is 16.1. The van der Waals surface area contributed by atoms with Gasteiger partial charge in [-0.25, -0.2) is 4.39 Å². The molecule has 0 fully saturated rings. The number of nitrogens with one attached hydrogen (secondary N) is 1. The third-order valence-electron chi connectivity index (χ3n) is 4.59. The summed E-state index contributed by atoms with van der Waals surface area (Å²) in [6, 6.07) is 9.55. The van der Waals surface area contributed by atoms with Crippen LogP contribution in [0.25, 0.3) is 11.3 Å². The van der Waals surface area contributed by atoms with Crippen LogP contribution in [0.4, 0.5) is 17.6 Å². The summed E-state index contributed by atoms with van der Waals surface area (Å²) in [4.78, 5) is 11.8. The molecule has 0 aliphatic rings. The highest BCUT2D eigenvalue weighted by Crippen LogP contribution is 2.31. The smallest absolute Gasteiger partial charge is 0.355 e. The van der Waals surface area contributed by atoms with Crippen molar-refractivity contribution in [2.75, 3.05) is 7.05 Å². The zero-order chi connectivity index (χ0) is 21.3. The van der Waals surface area contributed by atoms with Gasteiger partial charge in [0.05, 0.1) is 17.0 Å². The van der Waals surface area contributed by atoms with E-state index in [9.17, 15) is 22.4 Å². The molecular formula is C21H19F4N3O. The third kappa shape index (κ3) is 4.47. The second kappa shape index (κ2) is 7.69. The van der Waals surface area contributed by atoms with Crippen molar-refractivity contribution < 1.29 is 22.4 Å². The van der Waals surface area contributed by atoms with Crippen molar-refractivity contribution in [3.8, 4) is 11.3 Å². The van der Waals surface area contributed by atoms with E-state index in [1.54, 1.807) is 37.0 Å². The molecule has 0 spiro atoms. The lowest BCUT2D eigenvalue weighted by Crippen LogP contribution is -2.18. The summed E-state index contributed by atoms with van der Waals surface area (Å²) in [6.45, 7) is 1.82. The van der Waals surface area contributed by atoms with E-state index in [1.165, 1.54) is 0 Å². The molecule has 8 heteroatoms. The summed E-state index contributed by atoms with van der Waals surface area (Å²) >= 11 is 0. The lowest BCUT2D eigenvalue weighted by atomic mass is 10.0. The van der Waals surface area contributed by atoms with Gasteiger partial charge in [0, 0.05) is 31.6 Å². The molecule has 1 N–H and O–H groups in total. The van der Waals surface area contributed by atoms with Gasteiger partial charge in [-0.05, 0) is 54.4 Å². The maximum absolute atomic E-state index is 13.6. The molecule has 0 radical (unpaired) electrons. The summed E-state index contributed by atoms with van der Waals surface area (Å²) in [5, 5.41) is 6.92. The molecule has 1 aromatic heterocycles. The number of carbonyl (C=O) groups excluding carboxylic acids is 1. The standard InChI is InChI=1S/C21H19F4N3O/c1-12-6-14(4-5-18(12)20(29)26-2)19-11-17(27-28(19)3)9-13-7-15(21(23,24)25)10-16(22)8-13/h4-8,10-11H,9H2,1-3H3,(H,26,29). The SMILES string of the molecule is CNC(=O)c1ccc(-c2cc(Cc3cc(F)cc(C(F)(F)F)c3)nn2C)cc1C. The minimum atomic E-state index is -4.61. The van der Waals surface area contributed by atoms with Crippen LogP contribution in [0.15, 0.2) is 42.5 Å². The summed E-state index contributed by atoms with van der Waals surface area (Å²) in [6.07, 6.45) is -4.56. The summed E-state index contributed by atoms with van der Waals surface area (Å²) in [5.74, 6) is -1.13. The van der Waals surface area contributed by atoms with Crippen LogP contribution in [0.2, 0.25) is 0 Å². The lowest BCUT2D eigenvalue weighted by molar-refractivity contribution is -0.137. The maximum atomic E-state index is 13.6. The summed E-state index contributed by atoms with van der Waals surface area (Å²) < 4.78 is 54.0. The second-order valence-electron chi connectivity index (χ2n) is 6.78. The Morgan fingerprint density at radius 1 is 1.14 bits per heavy atom. The Labute approximate surface area is 165 Å². The first-order valence-corrected chi connectivity index (χ1v) is 8.81. The summed E-state index contributed by atoms with van der Waals surface area (Å²) in [5.41, 5.74) is 2.56. The van der Waals surface area contributed by atoms with Crippen molar-refractivity contribution in [1.29, 1.82) is 0 Å². The Kier molecular flexibility index (Phi) is 5.46. The van der Waals surface area contributed by atoms with E-state index >= 15 is 0 Å². The fourth-order valence-corrected chi connectivity index (χ4v) is 3.22. The number of alkyl halides is 3. The molecule has 3 aromatic rings. The quantitative estimate of drug-likeness (QED) is 0.650. The minimum Gasteiger partial charge on any atom is -0.355 e. The molecule has 0 saturated carbocycles. The molecule has 3 rings (SSSR count). The van der Waals surface area contributed by atoms with Gasteiger partial charge in [0.25, 0.3) is 5.91 Å². The van der Waals surface area contributed by atoms with Gasteiger partial charge < -0.3 is 5.32 Å². The van der Waals surface area contributed by atoms with Crippen molar-refractivity contribution in [1.82, 2.24) is 15.1 Å². The van der Waals surface area contributed by atoms with Gasteiger partial charge in [-0.1, -0.05) is 6.07 Å². The normalized spacial score (nSPS) is 11.6. The van der Waals surface area contributed by atoms with E-state index in [4.69, 9.17) is 0 Å². The monoisotopic (exact) mass is 405 g/mol. The van der Waals surface area contributed by atoms with E-state index in [1.807, 2.05) is 13.0 Å². The minimum absolute atomic E-state index is 0.0595. The van der Waals surface area contributed by atoms with Gasteiger partial charge in [0.1, 0.15) is 5.82 Å². The first-order valence-electron chi connectivity index (χ1n) is 8.81. The highest BCUT2D eigenvalue weighted by Gasteiger charge is 2.31. The fourth-order valence-electron chi connectivity index (χ4n) is 3.22. The van der Waals surface area contributed by atoms with E-state index in [0.717, 1.165) is 29.0 Å². The van der Waals surface area contributed by atoms with Crippen LogP contribution in [0.5, 0.6) is 0 Å². The van der Waals surface area contributed by atoms with Crippen molar-refractivity contribution >= 4 is 5.91 Å². The van der Waals surface area contributed by atoms with Gasteiger partial charge >= 0.3 is 6.18 Å². The zero-order valence-electron chi connectivity index (χ0n) is 16.1. The second-order valence-corrected chi connectivity index (χ2v) is 6.78. The molecule has 0 aliphatic heterocycles. The molecule has 0 unspecified atom stereocenters. The van der Waals surface area contributed by atoms with Crippen molar-refractivity contribution in [3.63, 3.8) is 0 Å². The van der Waals surface area contributed by atoms with Crippen LogP contribution in [0.1, 0.15) is 32.7 Å². The van der Waals surface area contributed by atoms with Crippen LogP contribution in [0, 0.1) is 12.7 Å². The molecule has 0 aliphatic carbocycles. The molecule has 4 nitrogen and oxygen atoms in total. The molecule has 0 saturated heterocycles. The average Bonchev–Trinajstić information content (AvgIpc) is 2.99. The number of amides is 1. The Morgan fingerprint density at radius 3 is 2.48 bits per heavy atom. The first kappa shape index (κ1) is 20.6. The van der Waals surface area contributed by atoms with Gasteiger partial charge in [-0.2, -0.15) is 18.3 Å². The average molecular weight is 405 g/mol. The van der Waals surface area contributed by atoms with Gasteiger partial charge in [-0.3, -0.25) is 9.48 Å². The largest absolute Gasteiger partial charge is 0.416 e. The number of halogens is 4. The predicted molar refractivity (Wildman–Crippen MR) is 101 cm³/mol. The Hall–Kier alpha value is -3.16. The number of hydrogen-bond donors (Lipinski definition) is 1. The van der Waals surface area contributed by atoms with Crippen LogP contribution in [0.3, 0.4) is 0 Å². The van der Waals surface area contributed by atoms with Crippen LogP contribution < -0.4 is 5.32 Å². The topological polar surface area (TPSA) is 46.9 Å². The Balaban J connectivity index is 1.91. The Bertz CT molecular complexity index is 1070. The third-order valence-corrected chi connectivity index (χ3v) is 4.59. The van der Waals surface area contributed by atoms with E-state index < -0.39 is 17.6 Å². The molecule has 0 bridgehead atoms. The van der Waals surface area contributed by atoms with Crippen molar-refractivity contribution in [2.45, 2.75) is 19.5 Å². The number of carbonyl (C=O) groups is 1. The number of nitrogens with zero attached hydrogens (tertiary/aromatic N) is 2. The number of benzene rings is 2. The predicted octanol–water partition coefficient (Wildman–Crippen LogP) is 4.50. The molecule has 29 heavy (non-hydrogen) atoms. The maximum Gasteiger partial charge on any atom is 0.416 e. The number of rotatable bonds is 4. The fraction of sp³-hybridized carbons (Fsp3) is 0.238. The first-order chi connectivity index (χ1) is 13.6. The van der Waals surface area contributed by atoms with Crippen molar-refractivity contribution in [3.05, 3.63) is 76.2 Å². The van der Waals surface area contributed by atoms with Crippen LogP contribution in [-0.2, 0) is 19.6 Å². The molecule has 0 atom stereocenters. The van der Waals surface area contributed by atoms with Gasteiger partial charge in [-0.15, -0.1) is 0 Å². The lowest BCUT2D eigenvalue weighted by Gasteiger charge is -2.08. The van der Waals surface area contributed by atoms with Crippen molar-refractivity contribution in [2.24, 2.45) is 7.05 Å². The number of aromatic nitrogens is 2.